The van der Waals surface area contributed by atoms with Crippen LogP contribution in [0.1, 0.15) is 33.1 Å². The normalized spacial score (nSPS) is 17.8. The van der Waals surface area contributed by atoms with E-state index in [-0.39, 0.29) is 12.6 Å². The number of anilines is 1. The molecule has 1 aliphatic rings. The van der Waals surface area contributed by atoms with Crippen molar-refractivity contribution in [2.45, 2.75) is 45.3 Å². The predicted molar refractivity (Wildman–Crippen MR) is 96.6 cm³/mol. The van der Waals surface area contributed by atoms with E-state index in [1.54, 1.807) is 24.3 Å². The molecular weight excluding hydrogens is 360 g/mol. The fourth-order valence-corrected chi connectivity index (χ4v) is 3.88. The van der Waals surface area contributed by atoms with Crippen LogP contribution < -0.4 is 9.46 Å². The van der Waals surface area contributed by atoms with Crippen molar-refractivity contribution in [2.75, 3.05) is 17.0 Å². The summed E-state index contributed by atoms with van der Waals surface area (Å²) >= 11 is 0. The van der Waals surface area contributed by atoms with Gasteiger partial charge in [-0.3, -0.25) is 9.52 Å². The average Bonchev–Trinajstić information content (AvgIpc) is 2.55. The highest BCUT2D eigenvalue weighted by molar-refractivity contribution is 7.93. The Morgan fingerprint density at radius 2 is 1.92 bits per heavy atom. The molecule has 0 aliphatic carbocycles. The Bertz CT molecular complexity index is 745. The fraction of sp³-hybridized carbons (Fsp3) is 0.529. The quantitative estimate of drug-likeness (QED) is 0.739. The third kappa shape index (κ3) is 5.62. The van der Waals surface area contributed by atoms with Gasteiger partial charge in [-0.2, -0.15) is 0 Å². The monoisotopic (exact) mass is 384 g/mol. The molecule has 0 aromatic heterocycles. The molecule has 26 heavy (non-hydrogen) atoms. The Kier molecular flexibility index (Phi) is 6.47. The summed E-state index contributed by atoms with van der Waals surface area (Å²) < 4.78 is 32.3. The van der Waals surface area contributed by atoms with Crippen molar-refractivity contribution in [3.63, 3.8) is 0 Å². The van der Waals surface area contributed by atoms with Crippen molar-refractivity contribution in [3.05, 3.63) is 24.3 Å². The van der Waals surface area contributed by atoms with E-state index >= 15 is 0 Å². The molecule has 144 valence electrons. The van der Waals surface area contributed by atoms with E-state index in [4.69, 9.17) is 4.74 Å². The second kappa shape index (κ2) is 8.39. The van der Waals surface area contributed by atoms with Gasteiger partial charge in [-0.1, -0.05) is 0 Å². The Balaban J connectivity index is 2.01. The van der Waals surface area contributed by atoms with E-state index in [1.165, 1.54) is 0 Å². The van der Waals surface area contributed by atoms with Crippen LogP contribution in [0.15, 0.2) is 24.3 Å². The van der Waals surface area contributed by atoms with Gasteiger partial charge in [-0.25, -0.2) is 13.2 Å². The lowest BCUT2D eigenvalue weighted by Crippen LogP contribution is -2.50. The van der Waals surface area contributed by atoms with Crippen molar-refractivity contribution in [1.82, 2.24) is 4.90 Å². The minimum atomic E-state index is -3.94. The smallest absolute Gasteiger partial charge is 0.326 e. The molecule has 1 amide bonds. The third-order valence-electron chi connectivity index (χ3n) is 3.92. The molecule has 1 unspecified atom stereocenters. The zero-order chi connectivity index (χ0) is 19.3. The van der Waals surface area contributed by atoms with Gasteiger partial charge < -0.3 is 14.7 Å². The van der Waals surface area contributed by atoms with E-state index in [2.05, 4.69) is 4.72 Å². The van der Waals surface area contributed by atoms with Crippen LogP contribution in [0.4, 0.5) is 5.69 Å². The van der Waals surface area contributed by atoms with Gasteiger partial charge in [0.2, 0.25) is 15.9 Å². The van der Waals surface area contributed by atoms with Crippen molar-refractivity contribution >= 4 is 27.6 Å². The Morgan fingerprint density at radius 3 is 2.50 bits per heavy atom. The van der Waals surface area contributed by atoms with Gasteiger partial charge in [-0.15, -0.1) is 0 Å². The van der Waals surface area contributed by atoms with Crippen molar-refractivity contribution in [3.8, 4) is 5.75 Å². The first-order valence-electron chi connectivity index (χ1n) is 8.47. The topological polar surface area (TPSA) is 113 Å². The number of benzene rings is 1. The summed E-state index contributed by atoms with van der Waals surface area (Å²) in [6.07, 6.45) is 1.71. The Hall–Kier alpha value is -2.29. The summed E-state index contributed by atoms with van der Waals surface area (Å²) in [5, 5.41) is 9.21. The second-order valence-electron chi connectivity index (χ2n) is 6.49. The Morgan fingerprint density at radius 1 is 1.27 bits per heavy atom. The van der Waals surface area contributed by atoms with Gasteiger partial charge in [0, 0.05) is 12.2 Å². The molecule has 0 saturated carbocycles. The number of ether oxygens (including phenoxy) is 1. The molecule has 8 nitrogen and oxygen atoms in total. The van der Waals surface area contributed by atoms with Gasteiger partial charge in [-0.05, 0) is 57.4 Å². The molecule has 1 atom stereocenters. The van der Waals surface area contributed by atoms with Crippen molar-refractivity contribution in [2.24, 2.45) is 0 Å². The molecule has 0 radical (unpaired) electrons. The largest absolute Gasteiger partial charge is 0.491 e. The Labute approximate surface area is 153 Å². The molecule has 1 aromatic rings. The molecule has 1 saturated heterocycles. The molecule has 1 fully saturated rings. The predicted octanol–water partition coefficient (Wildman–Crippen LogP) is 1.68. The maximum absolute atomic E-state index is 12.3. The van der Waals surface area contributed by atoms with E-state index < -0.39 is 33.7 Å². The number of hydrogen-bond acceptors (Lipinski definition) is 5. The lowest BCUT2D eigenvalue weighted by molar-refractivity contribution is -0.151. The van der Waals surface area contributed by atoms with Gasteiger partial charge >= 0.3 is 5.97 Å². The maximum Gasteiger partial charge on any atom is 0.326 e. The highest BCUT2D eigenvalue weighted by atomic mass is 32.2. The summed E-state index contributed by atoms with van der Waals surface area (Å²) in [7, 11) is -3.94. The molecule has 2 rings (SSSR count). The highest BCUT2D eigenvalue weighted by Crippen LogP contribution is 2.20. The number of rotatable bonds is 7. The van der Waals surface area contributed by atoms with Crippen molar-refractivity contribution in [1.29, 1.82) is 0 Å². The minimum Gasteiger partial charge on any atom is -0.491 e. The molecule has 1 aliphatic heterocycles. The second-order valence-corrected chi connectivity index (χ2v) is 8.21. The zero-order valence-electron chi connectivity index (χ0n) is 14.8. The first-order valence-corrected chi connectivity index (χ1v) is 10.1. The summed E-state index contributed by atoms with van der Waals surface area (Å²) in [5.74, 6) is -1.99. The summed E-state index contributed by atoms with van der Waals surface area (Å²) in [6, 6.07) is 5.38. The van der Waals surface area contributed by atoms with E-state index in [1.807, 2.05) is 13.8 Å². The van der Waals surface area contributed by atoms with Gasteiger partial charge in [0.05, 0.1) is 6.10 Å². The van der Waals surface area contributed by atoms with Crippen LogP contribution in [0, 0.1) is 0 Å². The highest BCUT2D eigenvalue weighted by Gasteiger charge is 2.33. The van der Waals surface area contributed by atoms with Crippen LogP contribution in [-0.2, 0) is 19.6 Å². The van der Waals surface area contributed by atoms with Gasteiger partial charge in [0.25, 0.3) is 0 Å². The lowest BCUT2D eigenvalue weighted by atomic mass is 10.0. The number of nitrogens with one attached hydrogen (secondary N) is 1. The van der Waals surface area contributed by atoms with Crippen LogP contribution in [-0.4, -0.2) is 54.7 Å². The minimum absolute atomic E-state index is 0.00175. The molecule has 0 spiro atoms. The van der Waals surface area contributed by atoms with Crippen LogP contribution in [0.5, 0.6) is 5.75 Å². The van der Waals surface area contributed by atoms with Crippen LogP contribution in [0.2, 0.25) is 0 Å². The first-order chi connectivity index (χ1) is 12.2. The lowest BCUT2D eigenvalue weighted by Gasteiger charge is -2.32. The molecule has 2 N–H and O–H groups in total. The third-order valence-corrected chi connectivity index (χ3v) is 5.09. The maximum atomic E-state index is 12.3. The number of carboxylic acids is 1. The van der Waals surface area contributed by atoms with E-state index in [0.717, 1.165) is 4.90 Å². The zero-order valence-corrected chi connectivity index (χ0v) is 15.7. The van der Waals surface area contributed by atoms with Crippen molar-refractivity contribution < 1.29 is 27.9 Å². The number of aliphatic carboxylic acids is 1. The molecule has 9 heteroatoms. The van der Waals surface area contributed by atoms with Gasteiger partial charge in [0.1, 0.15) is 17.5 Å². The number of nitrogens with zero attached hydrogens (tertiary/aromatic N) is 1. The fourth-order valence-electron chi connectivity index (χ4n) is 2.82. The molecule has 1 heterocycles. The molecule has 0 bridgehead atoms. The number of piperidine rings is 1. The van der Waals surface area contributed by atoms with Gasteiger partial charge in [0.15, 0.2) is 0 Å². The number of carboxylic acid groups (broad SMARTS) is 1. The SMILES string of the molecule is CC(C)Oc1ccc(NS(=O)(=O)CC(=O)N2CCCCC2C(=O)O)cc1. The number of amides is 1. The van der Waals surface area contributed by atoms with Crippen LogP contribution in [0.25, 0.3) is 0 Å². The summed E-state index contributed by atoms with van der Waals surface area (Å²) in [6.45, 7) is 4.02. The number of likely N-dealkylation sites (tertiary alicyclic amines) is 1. The van der Waals surface area contributed by atoms with E-state index in [9.17, 15) is 23.1 Å². The van der Waals surface area contributed by atoms with Crippen LogP contribution >= 0.6 is 0 Å². The van der Waals surface area contributed by atoms with E-state index in [0.29, 0.717) is 30.7 Å². The first kappa shape index (κ1) is 20.0. The molecular formula is C17H24N2O6S. The summed E-state index contributed by atoms with van der Waals surface area (Å²) in [4.78, 5) is 24.7. The number of hydrogen-bond donors (Lipinski definition) is 2. The number of sulfonamides is 1. The molecule has 1 aromatic carbocycles. The van der Waals surface area contributed by atoms with Crippen LogP contribution in [0.3, 0.4) is 0 Å². The standard InChI is InChI=1S/C17H24N2O6S/c1-12(2)25-14-8-6-13(7-9-14)18-26(23,24)11-16(20)19-10-4-3-5-15(19)17(21)22/h6-9,12,15,18H,3-5,10-11H2,1-2H3,(H,21,22). The number of carbonyl (C=O) groups excluding carboxylic acids is 1. The number of carbonyl (C=O) groups is 2. The average molecular weight is 384 g/mol. The summed E-state index contributed by atoms with van der Waals surface area (Å²) in [5.41, 5.74) is 0.308.